The van der Waals surface area contributed by atoms with E-state index in [4.69, 9.17) is 0 Å². The smallest absolute Gasteiger partial charge is 0.138 e. The van der Waals surface area contributed by atoms with Crippen LogP contribution >= 0.6 is 0 Å². The van der Waals surface area contributed by atoms with E-state index in [1.54, 1.807) is 0 Å². The minimum atomic E-state index is 0.167. The van der Waals surface area contributed by atoms with Crippen LogP contribution in [-0.2, 0) is 4.79 Å². The third-order valence-corrected chi connectivity index (χ3v) is 3.37. The van der Waals surface area contributed by atoms with Crippen molar-refractivity contribution in [3.05, 3.63) is 30.1 Å². The van der Waals surface area contributed by atoms with E-state index in [9.17, 15) is 4.79 Å². The number of carbonyl (C=O) groups excluding carboxylic acids is 1. The second-order valence-corrected chi connectivity index (χ2v) is 4.54. The van der Waals surface area contributed by atoms with E-state index in [-0.39, 0.29) is 5.92 Å². The number of likely N-dealkylation sites (tertiary alicyclic amines) is 1. The molecule has 1 fully saturated rings. The fourth-order valence-electron chi connectivity index (χ4n) is 2.21. The molecule has 2 rings (SSSR count). The van der Waals surface area contributed by atoms with Gasteiger partial charge in [0.05, 0.1) is 5.69 Å². The molecule has 0 radical (unpaired) electrons. The van der Waals surface area contributed by atoms with E-state index in [2.05, 4.69) is 16.8 Å². The van der Waals surface area contributed by atoms with E-state index < -0.39 is 0 Å². The van der Waals surface area contributed by atoms with Gasteiger partial charge in [0.25, 0.3) is 0 Å². The average molecular weight is 218 g/mol. The first-order valence-corrected chi connectivity index (χ1v) is 5.86. The predicted molar refractivity (Wildman–Crippen MR) is 63.0 cm³/mol. The molecule has 2 atom stereocenters. The Morgan fingerprint density at radius 2 is 2.31 bits per heavy atom. The van der Waals surface area contributed by atoms with Gasteiger partial charge in [0.2, 0.25) is 0 Å². The number of Topliss-reactive ketones (excluding diaryl/α,β-unsaturated/α-hetero) is 1. The molecule has 3 heteroatoms. The first kappa shape index (κ1) is 11.3. The number of nitrogens with zero attached hydrogens (tertiary/aromatic N) is 2. The number of hydrogen-bond acceptors (Lipinski definition) is 3. The molecule has 1 aliphatic heterocycles. The van der Waals surface area contributed by atoms with Crippen molar-refractivity contribution in [3.63, 3.8) is 0 Å². The average Bonchev–Trinajstić information content (AvgIpc) is 2.33. The van der Waals surface area contributed by atoms with Gasteiger partial charge in [-0.25, -0.2) is 0 Å². The Balaban J connectivity index is 2.06. The van der Waals surface area contributed by atoms with Crippen molar-refractivity contribution >= 4 is 5.78 Å². The van der Waals surface area contributed by atoms with Gasteiger partial charge in [-0.3, -0.25) is 14.7 Å². The molecule has 1 saturated heterocycles. The van der Waals surface area contributed by atoms with Gasteiger partial charge in [-0.2, -0.15) is 0 Å². The summed E-state index contributed by atoms with van der Waals surface area (Å²) in [5, 5.41) is 0. The molecule has 0 amide bonds. The number of ketones is 1. The summed E-state index contributed by atoms with van der Waals surface area (Å²) in [6.07, 6.45) is 2.50. The fourth-order valence-corrected chi connectivity index (χ4v) is 2.21. The highest BCUT2D eigenvalue weighted by molar-refractivity contribution is 5.81. The molecule has 2 unspecified atom stereocenters. The fraction of sp³-hybridized carbons (Fsp3) is 0.538. The van der Waals surface area contributed by atoms with Crippen molar-refractivity contribution in [3.8, 4) is 0 Å². The van der Waals surface area contributed by atoms with Gasteiger partial charge < -0.3 is 0 Å². The molecular weight excluding hydrogens is 200 g/mol. The van der Waals surface area contributed by atoms with Crippen molar-refractivity contribution in [1.29, 1.82) is 0 Å². The summed E-state index contributed by atoms with van der Waals surface area (Å²) >= 11 is 0. The third kappa shape index (κ3) is 2.30. The van der Waals surface area contributed by atoms with Crippen LogP contribution < -0.4 is 0 Å². The van der Waals surface area contributed by atoms with Crippen molar-refractivity contribution in [2.45, 2.75) is 26.3 Å². The number of hydrogen-bond donors (Lipinski definition) is 0. The van der Waals surface area contributed by atoms with Gasteiger partial charge >= 0.3 is 0 Å². The molecule has 0 N–H and O–H groups in total. The van der Waals surface area contributed by atoms with Crippen LogP contribution in [-0.4, -0.2) is 28.8 Å². The topological polar surface area (TPSA) is 33.2 Å². The summed E-state index contributed by atoms with van der Waals surface area (Å²) in [6, 6.07) is 6.29. The SMILES string of the molecule is CC1CN(C(C)c2ccccn2)CCC1=O. The summed E-state index contributed by atoms with van der Waals surface area (Å²) in [7, 11) is 0. The Morgan fingerprint density at radius 1 is 1.50 bits per heavy atom. The van der Waals surface area contributed by atoms with Gasteiger partial charge in [-0.05, 0) is 19.1 Å². The van der Waals surface area contributed by atoms with E-state index in [1.807, 2.05) is 31.3 Å². The van der Waals surface area contributed by atoms with Crippen molar-refractivity contribution in [1.82, 2.24) is 9.88 Å². The molecule has 86 valence electrons. The molecule has 3 nitrogen and oxygen atoms in total. The molecule has 0 saturated carbocycles. The number of rotatable bonds is 2. The second-order valence-electron chi connectivity index (χ2n) is 4.54. The monoisotopic (exact) mass is 218 g/mol. The quantitative estimate of drug-likeness (QED) is 0.761. The lowest BCUT2D eigenvalue weighted by Crippen LogP contribution is -2.41. The van der Waals surface area contributed by atoms with Gasteiger partial charge in [-0.1, -0.05) is 13.0 Å². The third-order valence-electron chi connectivity index (χ3n) is 3.37. The van der Waals surface area contributed by atoms with Crippen LogP contribution in [0.25, 0.3) is 0 Å². The molecule has 0 aliphatic carbocycles. The molecular formula is C13H18N2O. The van der Waals surface area contributed by atoms with E-state index >= 15 is 0 Å². The van der Waals surface area contributed by atoms with E-state index in [1.165, 1.54) is 0 Å². The van der Waals surface area contributed by atoms with Crippen molar-refractivity contribution < 1.29 is 4.79 Å². The van der Waals surface area contributed by atoms with Crippen molar-refractivity contribution in [2.24, 2.45) is 5.92 Å². The van der Waals surface area contributed by atoms with E-state index in [0.29, 0.717) is 18.2 Å². The first-order valence-electron chi connectivity index (χ1n) is 5.86. The van der Waals surface area contributed by atoms with E-state index in [0.717, 1.165) is 18.8 Å². The lowest BCUT2D eigenvalue weighted by molar-refractivity contribution is -0.126. The van der Waals surface area contributed by atoms with Gasteiger partial charge in [0, 0.05) is 37.7 Å². The van der Waals surface area contributed by atoms with Crippen molar-refractivity contribution in [2.75, 3.05) is 13.1 Å². The van der Waals surface area contributed by atoms with Crippen LogP contribution in [0, 0.1) is 5.92 Å². The van der Waals surface area contributed by atoms with Crippen LogP contribution in [0.5, 0.6) is 0 Å². The van der Waals surface area contributed by atoms with Crippen LogP contribution in [0.3, 0.4) is 0 Å². The van der Waals surface area contributed by atoms with Crippen LogP contribution in [0.15, 0.2) is 24.4 Å². The van der Waals surface area contributed by atoms with Gasteiger partial charge in [0.15, 0.2) is 0 Å². The summed E-state index contributed by atoms with van der Waals surface area (Å²) in [4.78, 5) is 18.2. The maximum Gasteiger partial charge on any atom is 0.138 e. The Bertz CT molecular complexity index is 363. The summed E-state index contributed by atoms with van der Waals surface area (Å²) in [5.74, 6) is 0.560. The second kappa shape index (κ2) is 4.74. The minimum absolute atomic E-state index is 0.167. The van der Waals surface area contributed by atoms with Crippen LogP contribution in [0.1, 0.15) is 32.0 Å². The number of piperidine rings is 1. The minimum Gasteiger partial charge on any atom is -0.299 e. The lowest BCUT2D eigenvalue weighted by atomic mass is 9.97. The maximum atomic E-state index is 11.5. The molecule has 16 heavy (non-hydrogen) atoms. The molecule has 2 heterocycles. The summed E-state index contributed by atoms with van der Waals surface area (Å²) in [6.45, 7) is 5.89. The zero-order valence-corrected chi connectivity index (χ0v) is 9.89. The standard InChI is InChI=1S/C13H18N2O/c1-10-9-15(8-6-13(10)16)11(2)12-5-3-4-7-14-12/h3-5,7,10-11H,6,8-9H2,1-2H3. The van der Waals surface area contributed by atoms with Crippen LogP contribution in [0.4, 0.5) is 0 Å². The highest BCUT2D eigenvalue weighted by Crippen LogP contribution is 2.23. The number of aromatic nitrogens is 1. The normalized spacial score (nSPS) is 24.4. The Labute approximate surface area is 96.5 Å². The molecule has 0 aromatic carbocycles. The molecule has 1 aromatic rings. The van der Waals surface area contributed by atoms with Gasteiger partial charge in [0.1, 0.15) is 5.78 Å². The zero-order valence-electron chi connectivity index (χ0n) is 9.89. The number of carbonyl (C=O) groups is 1. The molecule has 0 bridgehead atoms. The maximum absolute atomic E-state index is 11.5. The first-order chi connectivity index (χ1) is 7.68. The highest BCUT2D eigenvalue weighted by Gasteiger charge is 2.27. The predicted octanol–water partition coefficient (Wildman–Crippen LogP) is 2.05. The van der Waals surface area contributed by atoms with Crippen LogP contribution in [0.2, 0.25) is 0 Å². The largest absolute Gasteiger partial charge is 0.299 e. The Hall–Kier alpha value is -1.22. The Kier molecular flexibility index (Phi) is 3.34. The highest BCUT2D eigenvalue weighted by atomic mass is 16.1. The zero-order chi connectivity index (χ0) is 11.5. The molecule has 1 aromatic heterocycles. The molecule has 0 spiro atoms. The molecule has 1 aliphatic rings. The summed E-state index contributed by atoms with van der Waals surface area (Å²) < 4.78 is 0. The summed E-state index contributed by atoms with van der Waals surface area (Å²) in [5.41, 5.74) is 1.09. The number of pyridine rings is 1. The lowest BCUT2D eigenvalue weighted by Gasteiger charge is -2.34. The van der Waals surface area contributed by atoms with Gasteiger partial charge in [-0.15, -0.1) is 0 Å². The Morgan fingerprint density at radius 3 is 2.94 bits per heavy atom.